The molecule has 2 aliphatic rings. The van der Waals surface area contributed by atoms with Crippen molar-refractivity contribution in [2.24, 2.45) is 5.92 Å². The molecule has 2 aliphatic carbocycles. The van der Waals surface area contributed by atoms with E-state index in [1.807, 2.05) is 30.3 Å². The van der Waals surface area contributed by atoms with E-state index in [2.05, 4.69) is 0 Å². The summed E-state index contributed by atoms with van der Waals surface area (Å²) in [7, 11) is -4.29. The number of carboxylic acid groups (broad SMARTS) is 1. The van der Waals surface area contributed by atoms with Gasteiger partial charge in [-0.15, -0.1) is 0 Å². The summed E-state index contributed by atoms with van der Waals surface area (Å²) in [6, 6.07) is 9.09. The number of carbonyl (C=O) groups is 1. The number of halogens is 1. The Balaban J connectivity index is 1.89. The van der Waals surface area contributed by atoms with E-state index in [9.17, 15) is 22.7 Å². The summed E-state index contributed by atoms with van der Waals surface area (Å²) in [5.41, 5.74) is 0.875. The summed E-state index contributed by atoms with van der Waals surface area (Å²) in [6.45, 7) is 0. The van der Waals surface area contributed by atoms with Gasteiger partial charge in [0.2, 0.25) is 14.8 Å². The smallest absolute Gasteiger partial charge is 0.325 e. The average Bonchev–Trinajstić information content (AvgIpc) is 3.28. The summed E-state index contributed by atoms with van der Waals surface area (Å²) in [5, 5.41) is 7.02. The number of alkyl halides is 1. The third kappa shape index (κ3) is 1.70. The zero-order chi connectivity index (χ0) is 14.6. The first kappa shape index (κ1) is 13.5. The van der Waals surface area contributed by atoms with Gasteiger partial charge in [-0.2, -0.15) is 0 Å². The van der Waals surface area contributed by atoms with Gasteiger partial charge >= 0.3 is 5.97 Å². The van der Waals surface area contributed by atoms with Gasteiger partial charge in [-0.3, -0.25) is 4.79 Å². The Kier molecular flexibility index (Phi) is 2.73. The van der Waals surface area contributed by atoms with E-state index in [1.54, 1.807) is 0 Å². The highest BCUT2D eigenvalue weighted by atomic mass is 32.2. The van der Waals surface area contributed by atoms with Gasteiger partial charge in [0.25, 0.3) is 0 Å². The van der Waals surface area contributed by atoms with E-state index in [0.717, 1.165) is 5.56 Å². The Morgan fingerprint density at radius 2 is 1.90 bits per heavy atom. The summed E-state index contributed by atoms with van der Waals surface area (Å²) >= 11 is 0. The maximum absolute atomic E-state index is 14.0. The van der Waals surface area contributed by atoms with Crippen LogP contribution in [0.25, 0.3) is 0 Å². The predicted molar refractivity (Wildman–Crippen MR) is 70.6 cm³/mol. The number of carboxylic acids is 1. The molecule has 1 N–H and O–H groups in total. The van der Waals surface area contributed by atoms with Crippen LogP contribution in [0.4, 0.5) is 4.39 Å². The van der Waals surface area contributed by atoms with E-state index in [4.69, 9.17) is 0 Å². The fourth-order valence-electron chi connectivity index (χ4n) is 2.84. The van der Waals surface area contributed by atoms with Gasteiger partial charge in [0.1, 0.15) is 0 Å². The molecule has 2 unspecified atom stereocenters. The molecule has 0 aromatic heterocycles. The molecule has 2 atom stereocenters. The SMILES string of the molecule is O=C(O)C1(S(=O)(=O)C2(F)CC2)CC1Cc1ccccc1. The molecule has 0 amide bonds. The Morgan fingerprint density at radius 3 is 2.40 bits per heavy atom. The van der Waals surface area contributed by atoms with E-state index < -0.39 is 31.5 Å². The molecule has 1 aromatic carbocycles. The molecule has 0 aliphatic heterocycles. The second-order valence-electron chi connectivity index (χ2n) is 5.67. The van der Waals surface area contributed by atoms with Gasteiger partial charge < -0.3 is 5.11 Å². The molecule has 0 saturated heterocycles. The maximum atomic E-state index is 14.0. The molecule has 108 valence electrons. The number of aliphatic carboxylic acids is 1. The minimum Gasteiger partial charge on any atom is -0.480 e. The monoisotopic (exact) mass is 298 g/mol. The lowest BCUT2D eigenvalue weighted by atomic mass is 10.1. The summed E-state index contributed by atoms with van der Waals surface area (Å²) < 4.78 is 36.7. The Bertz CT molecular complexity index is 651. The lowest BCUT2D eigenvalue weighted by molar-refractivity contribution is -0.137. The quantitative estimate of drug-likeness (QED) is 0.902. The topological polar surface area (TPSA) is 71.4 Å². The zero-order valence-electron chi connectivity index (χ0n) is 10.8. The maximum Gasteiger partial charge on any atom is 0.325 e. The second kappa shape index (κ2) is 4.04. The fraction of sp³-hybridized carbons (Fsp3) is 0.500. The summed E-state index contributed by atoms with van der Waals surface area (Å²) in [6.07, 6.45) is 0.193. The molecule has 0 spiro atoms. The van der Waals surface area contributed by atoms with Crippen LogP contribution in [0, 0.1) is 5.92 Å². The molecule has 1 aromatic rings. The van der Waals surface area contributed by atoms with Gasteiger partial charge in [-0.25, -0.2) is 12.8 Å². The van der Waals surface area contributed by atoms with Crippen molar-refractivity contribution in [3.8, 4) is 0 Å². The minimum absolute atomic E-state index is 0.00519. The van der Waals surface area contributed by atoms with Crippen molar-refractivity contribution in [1.82, 2.24) is 0 Å². The Labute approximate surface area is 116 Å². The number of hydrogen-bond donors (Lipinski definition) is 1. The standard InChI is InChI=1S/C14H15FO4S/c15-13(6-7-13)20(18,19)14(12(16)17)9-11(14)8-10-4-2-1-3-5-10/h1-5,11H,6-9H2,(H,16,17). The van der Waals surface area contributed by atoms with Crippen molar-refractivity contribution in [2.45, 2.75) is 35.4 Å². The first-order chi connectivity index (χ1) is 9.33. The number of rotatable bonds is 5. The lowest BCUT2D eigenvalue weighted by Crippen LogP contribution is -2.41. The molecule has 0 radical (unpaired) electrons. The first-order valence-corrected chi connectivity index (χ1v) is 8.02. The fourth-order valence-corrected chi connectivity index (χ4v) is 5.31. The minimum atomic E-state index is -4.29. The molecule has 2 saturated carbocycles. The van der Waals surface area contributed by atoms with E-state index in [1.165, 1.54) is 0 Å². The number of hydrogen-bond acceptors (Lipinski definition) is 3. The third-order valence-corrected chi connectivity index (χ3v) is 7.35. The van der Waals surface area contributed by atoms with E-state index >= 15 is 0 Å². The van der Waals surface area contributed by atoms with Crippen LogP contribution in [0.15, 0.2) is 30.3 Å². The summed E-state index contributed by atoms with van der Waals surface area (Å²) in [5.74, 6) is -1.96. The third-order valence-electron chi connectivity index (χ3n) is 4.34. The Morgan fingerprint density at radius 1 is 1.30 bits per heavy atom. The highest BCUT2D eigenvalue weighted by Crippen LogP contribution is 2.61. The van der Waals surface area contributed by atoms with Crippen molar-refractivity contribution < 1.29 is 22.7 Å². The molecule has 2 fully saturated rings. The molecule has 20 heavy (non-hydrogen) atoms. The average molecular weight is 298 g/mol. The predicted octanol–water partition coefficient (Wildman–Crippen LogP) is 1.95. The van der Waals surface area contributed by atoms with Gasteiger partial charge in [0.15, 0.2) is 4.75 Å². The van der Waals surface area contributed by atoms with E-state index in [0.29, 0.717) is 6.42 Å². The molecular weight excluding hydrogens is 283 g/mol. The van der Waals surface area contributed by atoms with Gasteiger partial charge in [0.05, 0.1) is 0 Å². The van der Waals surface area contributed by atoms with Crippen molar-refractivity contribution in [3.63, 3.8) is 0 Å². The molecule has 3 rings (SSSR count). The Hall–Kier alpha value is -1.43. The number of benzene rings is 1. The van der Waals surface area contributed by atoms with Crippen LogP contribution in [0.2, 0.25) is 0 Å². The van der Waals surface area contributed by atoms with Crippen LogP contribution in [0.5, 0.6) is 0 Å². The summed E-state index contributed by atoms with van der Waals surface area (Å²) in [4.78, 5) is 11.5. The highest BCUT2D eigenvalue weighted by molar-refractivity contribution is 7.95. The van der Waals surface area contributed by atoms with Gasteiger partial charge in [-0.1, -0.05) is 30.3 Å². The van der Waals surface area contributed by atoms with E-state index in [-0.39, 0.29) is 19.3 Å². The van der Waals surface area contributed by atoms with Crippen LogP contribution in [0.1, 0.15) is 24.8 Å². The lowest BCUT2D eigenvalue weighted by Gasteiger charge is -2.16. The van der Waals surface area contributed by atoms with Crippen molar-refractivity contribution in [3.05, 3.63) is 35.9 Å². The van der Waals surface area contributed by atoms with Gasteiger partial charge in [0, 0.05) is 12.8 Å². The van der Waals surface area contributed by atoms with Crippen LogP contribution in [0.3, 0.4) is 0 Å². The molecule has 0 heterocycles. The molecule has 0 bridgehead atoms. The van der Waals surface area contributed by atoms with Crippen molar-refractivity contribution in [1.29, 1.82) is 0 Å². The van der Waals surface area contributed by atoms with Crippen LogP contribution < -0.4 is 0 Å². The molecule has 6 heteroatoms. The van der Waals surface area contributed by atoms with Crippen LogP contribution >= 0.6 is 0 Å². The van der Waals surface area contributed by atoms with Crippen molar-refractivity contribution >= 4 is 15.8 Å². The zero-order valence-corrected chi connectivity index (χ0v) is 11.6. The highest BCUT2D eigenvalue weighted by Gasteiger charge is 2.77. The second-order valence-corrected chi connectivity index (χ2v) is 8.14. The van der Waals surface area contributed by atoms with Crippen molar-refractivity contribution in [2.75, 3.05) is 0 Å². The first-order valence-electron chi connectivity index (χ1n) is 6.54. The number of sulfone groups is 1. The van der Waals surface area contributed by atoms with Crippen LogP contribution in [-0.2, 0) is 21.1 Å². The van der Waals surface area contributed by atoms with Crippen LogP contribution in [-0.4, -0.2) is 29.2 Å². The molecule has 4 nitrogen and oxygen atoms in total. The van der Waals surface area contributed by atoms with Gasteiger partial charge in [-0.05, 0) is 24.3 Å². The molecular formula is C14H15FO4S. The normalized spacial score (nSPS) is 30.8. The largest absolute Gasteiger partial charge is 0.480 e.